The highest BCUT2D eigenvalue weighted by Gasteiger charge is 2.24. The molecule has 45 heavy (non-hydrogen) atoms. The molecule has 1 amide bonds. The molecule has 0 aliphatic carbocycles. The van der Waals surface area contributed by atoms with E-state index in [1.807, 2.05) is 29.8 Å². The van der Waals surface area contributed by atoms with E-state index < -0.39 is 33.7 Å². The molecule has 3 aromatic carbocycles. The molecule has 0 aliphatic heterocycles. The van der Waals surface area contributed by atoms with Crippen molar-refractivity contribution in [3.63, 3.8) is 0 Å². The van der Waals surface area contributed by atoms with Gasteiger partial charge in [-0.25, -0.2) is 27.1 Å². The zero-order valence-corrected chi connectivity index (χ0v) is 28.0. The van der Waals surface area contributed by atoms with Gasteiger partial charge >= 0.3 is 11.8 Å². The van der Waals surface area contributed by atoms with Crippen molar-refractivity contribution in [2.24, 2.45) is 0 Å². The molecule has 4 aromatic rings. The van der Waals surface area contributed by atoms with Gasteiger partial charge in [-0.3, -0.25) is 4.57 Å². The van der Waals surface area contributed by atoms with E-state index in [1.165, 1.54) is 39.6 Å². The maximum absolute atomic E-state index is 15.6. The molecule has 4 rings (SSSR count). The summed E-state index contributed by atoms with van der Waals surface area (Å²) in [7, 11) is -4.32. The van der Waals surface area contributed by atoms with Gasteiger partial charge in [0.15, 0.2) is 0 Å². The highest BCUT2D eigenvalue weighted by Crippen LogP contribution is 2.29. The van der Waals surface area contributed by atoms with Gasteiger partial charge in [-0.15, -0.1) is 5.10 Å². The van der Waals surface area contributed by atoms with Crippen LogP contribution in [0.25, 0.3) is 16.8 Å². The molecule has 1 aromatic heterocycles. The van der Waals surface area contributed by atoms with Crippen LogP contribution in [0.5, 0.6) is 0 Å². The minimum atomic E-state index is -4.32. The molecule has 0 bridgehead atoms. The van der Waals surface area contributed by atoms with Crippen molar-refractivity contribution >= 4 is 37.7 Å². The van der Waals surface area contributed by atoms with Gasteiger partial charge in [0.25, 0.3) is 10.0 Å². The Balaban J connectivity index is 1.63. The fourth-order valence-corrected chi connectivity index (χ4v) is 6.29. The number of rotatable bonds is 13. The number of amides is 1. The van der Waals surface area contributed by atoms with Crippen LogP contribution in [0.15, 0.2) is 74.8 Å². The zero-order valence-electron chi connectivity index (χ0n) is 25.6. The second kappa shape index (κ2) is 14.9. The first-order valence-corrected chi connectivity index (χ1v) is 17.1. The Morgan fingerprint density at radius 3 is 2.51 bits per heavy atom. The number of carbonyl (C=O) groups is 1. The summed E-state index contributed by atoms with van der Waals surface area (Å²) in [6.45, 7) is 7.93. The quantitative estimate of drug-likeness (QED) is 0.150. The summed E-state index contributed by atoms with van der Waals surface area (Å²) in [5.74, 6) is -0.152. The first-order valence-electron chi connectivity index (χ1n) is 14.8. The number of anilines is 1. The molecule has 0 aliphatic rings. The molecule has 0 fully saturated rings. The van der Waals surface area contributed by atoms with E-state index in [0.717, 1.165) is 31.5 Å². The van der Waals surface area contributed by atoms with Crippen LogP contribution < -0.4 is 15.7 Å². The lowest BCUT2D eigenvalue weighted by Gasteiger charge is -2.14. The molecular formula is C32H37BrFN5O5S. The maximum atomic E-state index is 15.6. The molecular weight excluding hydrogens is 665 g/mol. The summed E-state index contributed by atoms with van der Waals surface area (Å²) < 4.78 is 51.8. The fraction of sp³-hybridized carbons (Fsp3) is 0.344. The second-order valence-corrected chi connectivity index (χ2v) is 13.2. The molecule has 0 saturated carbocycles. The number of nitrogens with one attached hydrogen (secondary N) is 2. The first-order chi connectivity index (χ1) is 21.4. The topological polar surface area (TPSA) is 124 Å². The van der Waals surface area contributed by atoms with Gasteiger partial charge in [0, 0.05) is 34.3 Å². The van der Waals surface area contributed by atoms with Gasteiger partial charge < -0.3 is 10.1 Å². The van der Waals surface area contributed by atoms with Crippen molar-refractivity contribution < 1.29 is 22.3 Å². The average Bonchev–Trinajstić information content (AvgIpc) is 3.30. The number of benzene rings is 3. The standard InChI is InChI=1S/C32H37BrFN5O5S/c1-5-7-10-17-35-24-15-16-26(33)28(19-24)39-32(41)38(30(6-2)36-39)20-23-14-13-22(18-27(23)34)25-11-8-9-12-29(25)45(42,43)37-31(40)44-21(3)4/h8-9,11-16,18-19,21,35H,5-7,10,17,20H2,1-4H3,(H,37,40). The molecule has 0 atom stereocenters. The Morgan fingerprint density at radius 1 is 1.07 bits per heavy atom. The average molecular weight is 703 g/mol. The lowest BCUT2D eigenvalue weighted by Crippen LogP contribution is -2.33. The summed E-state index contributed by atoms with van der Waals surface area (Å²) in [4.78, 5) is 25.4. The summed E-state index contributed by atoms with van der Waals surface area (Å²) in [6.07, 6.45) is 2.08. The van der Waals surface area contributed by atoms with Crippen molar-refractivity contribution in [3.05, 3.63) is 92.8 Å². The third-order valence-electron chi connectivity index (χ3n) is 6.97. The Labute approximate surface area is 270 Å². The molecule has 13 heteroatoms. The third-order valence-corrected chi connectivity index (χ3v) is 9.01. The van der Waals surface area contributed by atoms with Crippen LogP contribution in [0.2, 0.25) is 0 Å². The molecule has 10 nitrogen and oxygen atoms in total. The van der Waals surface area contributed by atoms with Crippen LogP contribution in [-0.2, 0) is 27.7 Å². The Kier molecular flexibility index (Phi) is 11.2. The molecule has 0 spiro atoms. The predicted molar refractivity (Wildman–Crippen MR) is 176 cm³/mol. The number of halogens is 2. The Morgan fingerprint density at radius 2 is 1.82 bits per heavy atom. The van der Waals surface area contributed by atoms with Crippen molar-refractivity contribution in [3.8, 4) is 16.8 Å². The summed E-state index contributed by atoms with van der Waals surface area (Å²) in [5, 5.41) is 7.94. The second-order valence-electron chi connectivity index (χ2n) is 10.7. The summed E-state index contributed by atoms with van der Waals surface area (Å²) >= 11 is 3.53. The van der Waals surface area contributed by atoms with E-state index in [9.17, 15) is 18.0 Å². The maximum Gasteiger partial charge on any atom is 0.421 e. The zero-order chi connectivity index (χ0) is 32.7. The molecule has 0 saturated heterocycles. The number of unbranched alkanes of at least 4 members (excludes halogenated alkanes) is 2. The van der Waals surface area contributed by atoms with Crippen molar-refractivity contribution in [1.82, 2.24) is 19.1 Å². The highest BCUT2D eigenvalue weighted by molar-refractivity contribution is 9.10. The monoisotopic (exact) mass is 701 g/mol. The smallest absolute Gasteiger partial charge is 0.421 e. The van der Waals surface area contributed by atoms with E-state index in [1.54, 1.807) is 26.0 Å². The minimum absolute atomic E-state index is 0.0801. The fourth-order valence-electron chi connectivity index (χ4n) is 4.76. The van der Waals surface area contributed by atoms with E-state index in [-0.39, 0.29) is 28.1 Å². The molecule has 0 unspecified atom stereocenters. The van der Waals surface area contributed by atoms with Crippen LogP contribution in [0.1, 0.15) is 58.3 Å². The van der Waals surface area contributed by atoms with Gasteiger partial charge in [0.1, 0.15) is 11.6 Å². The SMILES string of the molecule is CCCCCNc1ccc(Br)c(-n2nc(CC)n(Cc3ccc(-c4ccccc4S(=O)(=O)NC(=O)OC(C)C)cc3F)c2=O)c1. The van der Waals surface area contributed by atoms with Crippen LogP contribution in [0, 0.1) is 5.82 Å². The normalized spacial score (nSPS) is 11.5. The molecule has 2 N–H and O–H groups in total. The molecule has 240 valence electrons. The summed E-state index contributed by atoms with van der Waals surface area (Å²) in [5.41, 5.74) is 1.70. The minimum Gasteiger partial charge on any atom is -0.446 e. The van der Waals surface area contributed by atoms with Crippen molar-refractivity contribution in [2.45, 2.75) is 70.9 Å². The molecule has 0 radical (unpaired) electrons. The first kappa shape index (κ1) is 33.9. The lowest BCUT2D eigenvalue weighted by molar-refractivity contribution is 0.121. The van der Waals surface area contributed by atoms with Crippen LogP contribution in [0.3, 0.4) is 0 Å². The van der Waals surface area contributed by atoms with Crippen LogP contribution in [-0.4, -0.2) is 41.5 Å². The van der Waals surface area contributed by atoms with E-state index in [4.69, 9.17) is 4.74 Å². The van der Waals surface area contributed by atoms with Gasteiger partial charge in [0.2, 0.25) is 0 Å². The number of sulfonamides is 1. The third kappa shape index (κ3) is 8.20. The number of aryl methyl sites for hydroxylation is 1. The number of hydrogen-bond acceptors (Lipinski definition) is 7. The van der Waals surface area contributed by atoms with Gasteiger partial charge in [0.05, 0.1) is 23.2 Å². The van der Waals surface area contributed by atoms with Gasteiger partial charge in [-0.05, 0) is 72.1 Å². The number of nitrogens with zero attached hydrogens (tertiary/aromatic N) is 3. The largest absolute Gasteiger partial charge is 0.446 e. The van der Waals surface area contributed by atoms with Crippen molar-refractivity contribution in [2.75, 3.05) is 11.9 Å². The van der Waals surface area contributed by atoms with E-state index >= 15 is 4.39 Å². The number of aromatic nitrogens is 3. The van der Waals surface area contributed by atoms with Gasteiger partial charge in [-0.1, -0.05) is 57.0 Å². The summed E-state index contributed by atoms with van der Waals surface area (Å²) in [6, 6.07) is 15.9. The Hall–Kier alpha value is -3.97. The number of carbonyl (C=O) groups excluding carboxylic acids is 1. The van der Waals surface area contributed by atoms with Crippen LogP contribution >= 0.6 is 15.9 Å². The van der Waals surface area contributed by atoms with E-state index in [2.05, 4.69) is 33.3 Å². The highest BCUT2D eigenvalue weighted by atomic mass is 79.9. The Bertz CT molecular complexity index is 1840. The van der Waals surface area contributed by atoms with Gasteiger partial charge in [-0.2, -0.15) is 4.68 Å². The van der Waals surface area contributed by atoms with E-state index in [0.29, 0.717) is 22.4 Å². The van der Waals surface area contributed by atoms with Crippen LogP contribution in [0.4, 0.5) is 14.9 Å². The van der Waals surface area contributed by atoms with Crippen molar-refractivity contribution in [1.29, 1.82) is 0 Å². The number of ether oxygens (including phenoxy) is 1. The number of hydrogen-bond donors (Lipinski definition) is 2. The predicted octanol–water partition coefficient (Wildman–Crippen LogP) is 6.64. The molecule has 1 heterocycles. The lowest BCUT2D eigenvalue weighted by atomic mass is 10.0.